The van der Waals surface area contributed by atoms with E-state index in [1.807, 2.05) is 38.1 Å². The molecule has 0 radical (unpaired) electrons. The van der Waals surface area contributed by atoms with E-state index in [-0.39, 0.29) is 30.3 Å². The van der Waals surface area contributed by atoms with Crippen molar-refractivity contribution < 1.29 is 9.53 Å². The summed E-state index contributed by atoms with van der Waals surface area (Å²) in [7, 11) is 1.61. The Morgan fingerprint density at radius 2 is 2.11 bits per heavy atom. The van der Waals surface area contributed by atoms with Crippen LogP contribution in [-0.2, 0) is 4.79 Å². The third-order valence-electron chi connectivity index (χ3n) is 2.73. The fourth-order valence-corrected chi connectivity index (χ4v) is 1.49. The van der Waals surface area contributed by atoms with Crippen molar-refractivity contribution >= 4 is 18.3 Å². The molecular weight excluding hydrogens is 252 g/mol. The normalized spacial score (nSPS) is 13.1. The number of rotatable bonds is 5. The van der Waals surface area contributed by atoms with Crippen LogP contribution in [0.1, 0.15) is 25.3 Å². The van der Waals surface area contributed by atoms with E-state index < -0.39 is 0 Å². The minimum Gasteiger partial charge on any atom is -0.497 e. The highest BCUT2D eigenvalue weighted by atomic mass is 35.5. The van der Waals surface area contributed by atoms with Crippen LogP contribution in [0.4, 0.5) is 0 Å². The first-order chi connectivity index (χ1) is 8.08. The fraction of sp³-hybridized carbons (Fsp3) is 0.462. The lowest BCUT2D eigenvalue weighted by atomic mass is 10.00. The van der Waals surface area contributed by atoms with Gasteiger partial charge in [-0.15, -0.1) is 12.4 Å². The van der Waals surface area contributed by atoms with Crippen molar-refractivity contribution in [2.75, 3.05) is 13.7 Å². The molecule has 3 N–H and O–H groups in total. The summed E-state index contributed by atoms with van der Waals surface area (Å²) in [5.74, 6) is 0.532. The summed E-state index contributed by atoms with van der Waals surface area (Å²) in [6.45, 7) is 4.19. The van der Waals surface area contributed by atoms with Gasteiger partial charge in [-0.3, -0.25) is 4.79 Å². The maximum atomic E-state index is 11.9. The van der Waals surface area contributed by atoms with E-state index >= 15 is 0 Å². The van der Waals surface area contributed by atoms with Gasteiger partial charge in [0.2, 0.25) is 5.91 Å². The number of benzene rings is 1. The van der Waals surface area contributed by atoms with Crippen molar-refractivity contribution in [2.24, 2.45) is 5.73 Å². The summed E-state index contributed by atoms with van der Waals surface area (Å²) in [5, 5.41) is 2.86. The minimum absolute atomic E-state index is 0. The number of methoxy groups -OCH3 is 1. The summed E-state index contributed by atoms with van der Waals surface area (Å²) in [6, 6.07) is 7.52. The van der Waals surface area contributed by atoms with E-state index in [9.17, 15) is 4.79 Å². The molecule has 1 aromatic rings. The lowest BCUT2D eigenvalue weighted by molar-refractivity contribution is -0.122. The Balaban J connectivity index is 0.00000289. The predicted molar refractivity (Wildman–Crippen MR) is 75.3 cm³/mol. The monoisotopic (exact) mass is 272 g/mol. The summed E-state index contributed by atoms with van der Waals surface area (Å²) in [4.78, 5) is 11.9. The van der Waals surface area contributed by atoms with Crippen molar-refractivity contribution in [3.63, 3.8) is 0 Å². The topological polar surface area (TPSA) is 64.3 Å². The maximum absolute atomic E-state index is 11.9. The van der Waals surface area contributed by atoms with Crippen LogP contribution in [0.3, 0.4) is 0 Å². The van der Waals surface area contributed by atoms with Crippen LogP contribution >= 0.6 is 12.4 Å². The zero-order valence-electron chi connectivity index (χ0n) is 11.0. The van der Waals surface area contributed by atoms with Gasteiger partial charge in [0.1, 0.15) is 5.75 Å². The van der Waals surface area contributed by atoms with Crippen LogP contribution in [0, 0.1) is 0 Å². The molecule has 0 heterocycles. The number of carbonyl (C=O) groups excluding carboxylic acids is 1. The molecule has 4 nitrogen and oxygen atoms in total. The maximum Gasteiger partial charge on any atom is 0.227 e. The second-order valence-corrected chi connectivity index (χ2v) is 4.14. The van der Waals surface area contributed by atoms with Gasteiger partial charge in [-0.2, -0.15) is 0 Å². The van der Waals surface area contributed by atoms with Crippen LogP contribution in [0.25, 0.3) is 0 Å². The van der Waals surface area contributed by atoms with Gasteiger partial charge in [0.15, 0.2) is 0 Å². The van der Waals surface area contributed by atoms with E-state index in [1.54, 1.807) is 7.11 Å². The Bertz CT molecular complexity index is 385. The molecule has 1 amide bonds. The molecule has 0 aliphatic rings. The van der Waals surface area contributed by atoms with Gasteiger partial charge in [0, 0.05) is 12.6 Å². The molecule has 0 aromatic heterocycles. The number of nitrogens with two attached hydrogens (primary N) is 1. The second-order valence-electron chi connectivity index (χ2n) is 4.14. The molecule has 1 rings (SSSR count). The Labute approximate surface area is 114 Å². The molecule has 0 saturated carbocycles. The van der Waals surface area contributed by atoms with Gasteiger partial charge in [0.05, 0.1) is 13.0 Å². The zero-order chi connectivity index (χ0) is 12.8. The van der Waals surface area contributed by atoms with Gasteiger partial charge in [-0.1, -0.05) is 12.1 Å². The smallest absolute Gasteiger partial charge is 0.227 e. The average Bonchev–Trinajstić information content (AvgIpc) is 2.37. The molecule has 0 fully saturated rings. The van der Waals surface area contributed by atoms with Crippen molar-refractivity contribution in [2.45, 2.75) is 25.8 Å². The summed E-state index contributed by atoms with van der Waals surface area (Å²) in [5.41, 5.74) is 6.41. The van der Waals surface area contributed by atoms with Gasteiger partial charge < -0.3 is 15.8 Å². The van der Waals surface area contributed by atoms with Crippen LogP contribution < -0.4 is 15.8 Å². The van der Waals surface area contributed by atoms with E-state index in [4.69, 9.17) is 10.5 Å². The van der Waals surface area contributed by atoms with Crippen molar-refractivity contribution in [3.8, 4) is 5.75 Å². The molecule has 0 saturated heterocycles. The van der Waals surface area contributed by atoms with Crippen molar-refractivity contribution in [1.82, 2.24) is 5.32 Å². The van der Waals surface area contributed by atoms with E-state index in [0.29, 0.717) is 6.54 Å². The number of nitrogens with one attached hydrogen (secondary N) is 1. The second kappa shape index (κ2) is 7.95. The van der Waals surface area contributed by atoms with Gasteiger partial charge in [0.25, 0.3) is 0 Å². The first-order valence-electron chi connectivity index (χ1n) is 5.73. The Morgan fingerprint density at radius 1 is 1.44 bits per heavy atom. The highest BCUT2D eigenvalue weighted by Gasteiger charge is 2.16. The molecule has 18 heavy (non-hydrogen) atoms. The third-order valence-corrected chi connectivity index (χ3v) is 2.73. The van der Waals surface area contributed by atoms with Crippen LogP contribution in [0.2, 0.25) is 0 Å². The first kappa shape index (κ1) is 16.7. The highest BCUT2D eigenvalue weighted by molar-refractivity contribution is 5.85. The van der Waals surface area contributed by atoms with Gasteiger partial charge in [-0.05, 0) is 31.5 Å². The zero-order valence-corrected chi connectivity index (χ0v) is 11.8. The molecule has 1 unspecified atom stereocenters. The summed E-state index contributed by atoms with van der Waals surface area (Å²) in [6.07, 6.45) is 0. The Hall–Kier alpha value is -1.26. The molecule has 102 valence electrons. The lowest BCUT2D eigenvalue weighted by Gasteiger charge is -2.16. The third kappa shape index (κ3) is 4.55. The molecule has 5 heteroatoms. The van der Waals surface area contributed by atoms with Crippen molar-refractivity contribution in [1.29, 1.82) is 0 Å². The van der Waals surface area contributed by atoms with E-state index in [1.165, 1.54) is 0 Å². The van der Waals surface area contributed by atoms with Gasteiger partial charge >= 0.3 is 0 Å². The number of hydrogen-bond donors (Lipinski definition) is 2. The number of halogens is 1. The number of hydrogen-bond acceptors (Lipinski definition) is 3. The Morgan fingerprint density at radius 3 is 2.67 bits per heavy atom. The molecule has 1 aromatic carbocycles. The number of amides is 1. The quantitative estimate of drug-likeness (QED) is 0.857. The van der Waals surface area contributed by atoms with Crippen LogP contribution in [0.5, 0.6) is 5.75 Å². The molecule has 0 bridgehead atoms. The molecule has 0 spiro atoms. The predicted octanol–water partition coefficient (Wildman–Crippen LogP) is 1.68. The van der Waals surface area contributed by atoms with Crippen molar-refractivity contribution in [3.05, 3.63) is 29.8 Å². The van der Waals surface area contributed by atoms with Crippen LogP contribution in [0.15, 0.2) is 24.3 Å². The van der Waals surface area contributed by atoms with E-state index in [0.717, 1.165) is 11.3 Å². The highest BCUT2D eigenvalue weighted by Crippen LogP contribution is 2.20. The standard InChI is InChI=1S/C13H20N2O2.ClH/c1-9(8-14)15-13(16)10(2)11-5-4-6-12(7-11)17-3;/h4-7,9-10H,8,14H2,1-3H3,(H,15,16);1H/t9-,10?;/m0./s1. The molecule has 0 aliphatic carbocycles. The largest absolute Gasteiger partial charge is 0.497 e. The molecule has 0 aliphatic heterocycles. The lowest BCUT2D eigenvalue weighted by Crippen LogP contribution is -2.39. The first-order valence-corrected chi connectivity index (χ1v) is 5.73. The van der Waals surface area contributed by atoms with Gasteiger partial charge in [-0.25, -0.2) is 0 Å². The Kier molecular flexibility index (Phi) is 7.39. The summed E-state index contributed by atoms with van der Waals surface area (Å²) >= 11 is 0. The SMILES string of the molecule is COc1cccc(C(C)C(=O)N[C@@H](C)CN)c1.Cl. The number of carbonyl (C=O) groups is 1. The fourth-order valence-electron chi connectivity index (χ4n) is 1.49. The van der Waals surface area contributed by atoms with E-state index in [2.05, 4.69) is 5.32 Å². The molecular formula is C13H21ClN2O2. The van der Waals surface area contributed by atoms with Crippen LogP contribution in [-0.4, -0.2) is 25.6 Å². The summed E-state index contributed by atoms with van der Waals surface area (Å²) < 4.78 is 5.14. The average molecular weight is 273 g/mol. The number of ether oxygens (including phenoxy) is 1. The molecule has 2 atom stereocenters. The minimum atomic E-state index is -0.209.